The third-order valence-corrected chi connectivity index (χ3v) is 13.4. The molecule has 0 saturated carbocycles. The number of ether oxygens (including phenoxy) is 4. The average molecular weight is 791 g/mol. The first-order valence-electron chi connectivity index (χ1n) is 21.1. The summed E-state index contributed by atoms with van der Waals surface area (Å²) in [5.74, 6) is -5.33. The van der Waals surface area contributed by atoms with Gasteiger partial charge in [0.15, 0.2) is 0 Å². The van der Waals surface area contributed by atoms with Crippen molar-refractivity contribution in [1.82, 2.24) is 21.3 Å². The zero-order chi connectivity index (χ0) is 42.5. The van der Waals surface area contributed by atoms with Gasteiger partial charge in [-0.2, -0.15) is 0 Å². The molecule has 56 heavy (non-hydrogen) atoms. The number of carbonyl (C=O) groups is 4. The van der Waals surface area contributed by atoms with Crippen molar-refractivity contribution < 1.29 is 38.1 Å². The number of carbonyl (C=O) groups excluding carboxylic acids is 4. The Morgan fingerprint density at radius 3 is 0.821 bits per heavy atom. The first kappa shape index (κ1) is 46.4. The summed E-state index contributed by atoms with van der Waals surface area (Å²) in [5.41, 5.74) is -1.75. The minimum atomic E-state index is -1.33. The Hall–Kier alpha value is -2.28. The lowest BCUT2D eigenvalue weighted by atomic mass is 9.85. The number of hydrogen-bond donors (Lipinski definition) is 4. The van der Waals surface area contributed by atoms with Crippen LogP contribution in [0.1, 0.15) is 149 Å². The van der Waals surface area contributed by atoms with Crippen LogP contribution in [0.4, 0.5) is 0 Å². The Labute approximate surface area is 338 Å². The molecule has 0 amide bonds. The Balaban J connectivity index is 1.59. The zero-order valence-corrected chi connectivity index (χ0v) is 37.8. The van der Waals surface area contributed by atoms with Gasteiger partial charge in [-0.3, -0.25) is 19.2 Å². The Morgan fingerprint density at radius 1 is 0.411 bits per heavy atom. The summed E-state index contributed by atoms with van der Waals surface area (Å²) in [5, 5.41) is 14.5. The Bertz CT molecular complexity index is 1360. The van der Waals surface area contributed by atoms with E-state index in [2.05, 4.69) is 132 Å². The first-order chi connectivity index (χ1) is 25.2. The van der Waals surface area contributed by atoms with Gasteiger partial charge in [-0.05, 0) is 136 Å². The van der Waals surface area contributed by atoms with Gasteiger partial charge >= 0.3 is 23.9 Å². The van der Waals surface area contributed by atoms with E-state index in [4.69, 9.17) is 18.9 Å². The van der Waals surface area contributed by atoms with Crippen LogP contribution in [0.5, 0.6) is 0 Å². The summed E-state index contributed by atoms with van der Waals surface area (Å²) in [4.78, 5) is 56.2. The highest BCUT2D eigenvalue weighted by Gasteiger charge is 2.49. The molecule has 4 aliphatic heterocycles. The van der Waals surface area contributed by atoms with Crippen LogP contribution in [-0.4, -0.2) is 94.6 Å². The average Bonchev–Trinajstić information content (AvgIpc) is 3.55. The van der Waals surface area contributed by atoms with Crippen LogP contribution in [-0.2, 0) is 38.1 Å². The van der Waals surface area contributed by atoms with E-state index in [-0.39, 0.29) is 94.4 Å². The van der Waals surface area contributed by atoms with Crippen LogP contribution < -0.4 is 21.3 Å². The lowest BCUT2D eigenvalue weighted by Gasteiger charge is -2.30. The number of rotatable bonds is 15. The summed E-state index contributed by atoms with van der Waals surface area (Å²) in [7, 11) is 0. The molecule has 6 atom stereocenters. The summed E-state index contributed by atoms with van der Waals surface area (Å²) in [6, 6.07) is 0. The van der Waals surface area contributed by atoms with E-state index >= 15 is 0 Å². The minimum Gasteiger partial charge on any atom is -0.465 e. The van der Waals surface area contributed by atoms with E-state index in [0.29, 0.717) is 0 Å². The highest BCUT2D eigenvalue weighted by molar-refractivity contribution is 5.88. The van der Waals surface area contributed by atoms with Gasteiger partial charge in [0.05, 0.1) is 51.1 Å². The fraction of sp³-hybridized carbons (Fsp3) is 0.909. The van der Waals surface area contributed by atoms with Crippen LogP contribution in [0.3, 0.4) is 0 Å². The lowest BCUT2D eigenvalue weighted by molar-refractivity contribution is -0.169. The maximum Gasteiger partial charge on any atom is 0.310 e. The highest BCUT2D eigenvalue weighted by atomic mass is 16.6. The summed E-state index contributed by atoms with van der Waals surface area (Å²) < 4.78 is 23.8. The van der Waals surface area contributed by atoms with Gasteiger partial charge in [0, 0.05) is 68.0 Å². The third-order valence-electron chi connectivity index (χ3n) is 13.4. The molecule has 4 aliphatic rings. The predicted octanol–water partition coefficient (Wildman–Crippen LogP) is 5.84. The maximum absolute atomic E-state index is 14.3. The predicted molar refractivity (Wildman–Crippen MR) is 218 cm³/mol. The highest BCUT2D eigenvalue weighted by Crippen LogP contribution is 2.40. The molecule has 12 heteroatoms. The Morgan fingerprint density at radius 2 is 0.625 bits per heavy atom. The standard InChI is InChI=1S/C44H78N4O8/c1-37(2)19-27(41(9,10)45-37)23-53-33(49)17-31(35(51)55-25-29-21-39(5,6)47-43(29,13)14)32(36(52)56-26-30-22-40(7,8)48-44(30,15)16)18-34(50)54-24-28-20-38(3,4)46-42(28,11)12/h27-32,45-48H,17-26H2,1-16H3. The van der Waals surface area contributed by atoms with Gasteiger partial charge in [0.25, 0.3) is 0 Å². The monoisotopic (exact) mass is 791 g/mol. The van der Waals surface area contributed by atoms with E-state index in [1.807, 2.05) is 0 Å². The molecule has 0 aromatic carbocycles. The second kappa shape index (κ2) is 16.1. The number of nitrogens with one attached hydrogen (secondary N) is 4. The van der Waals surface area contributed by atoms with Crippen LogP contribution in [0, 0.1) is 35.5 Å². The second-order valence-corrected chi connectivity index (χ2v) is 22.8. The van der Waals surface area contributed by atoms with E-state index in [0.717, 1.165) is 25.7 Å². The van der Waals surface area contributed by atoms with E-state index in [1.54, 1.807) is 0 Å². The van der Waals surface area contributed by atoms with Gasteiger partial charge in [0.1, 0.15) is 0 Å². The fourth-order valence-corrected chi connectivity index (χ4v) is 10.9. The molecule has 12 nitrogen and oxygen atoms in total. The maximum atomic E-state index is 14.3. The molecule has 4 heterocycles. The summed E-state index contributed by atoms with van der Waals surface area (Å²) in [6.45, 7) is 34.1. The van der Waals surface area contributed by atoms with E-state index in [9.17, 15) is 19.2 Å². The quantitative estimate of drug-likeness (QED) is 0.117. The van der Waals surface area contributed by atoms with E-state index in [1.165, 1.54) is 0 Å². The van der Waals surface area contributed by atoms with Gasteiger partial charge in [-0.15, -0.1) is 0 Å². The second-order valence-electron chi connectivity index (χ2n) is 22.8. The molecule has 0 bridgehead atoms. The molecule has 322 valence electrons. The van der Waals surface area contributed by atoms with Gasteiger partial charge in [-0.25, -0.2) is 0 Å². The molecule has 0 aromatic heterocycles. The van der Waals surface area contributed by atoms with Crippen molar-refractivity contribution >= 4 is 23.9 Å². The molecular weight excluding hydrogens is 713 g/mol. The molecule has 0 aromatic rings. The summed E-state index contributed by atoms with van der Waals surface area (Å²) >= 11 is 0. The topological polar surface area (TPSA) is 153 Å². The molecule has 4 rings (SSSR count). The van der Waals surface area contributed by atoms with Gasteiger partial charge in [0.2, 0.25) is 0 Å². The zero-order valence-electron chi connectivity index (χ0n) is 37.8. The number of esters is 4. The normalized spacial score (nSPS) is 30.9. The molecule has 0 aliphatic carbocycles. The van der Waals surface area contributed by atoms with Crippen LogP contribution in [0.15, 0.2) is 0 Å². The Kier molecular flexibility index (Phi) is 13.3. The van der Waals surface area contributed by atoms with Crippen molar-refractivity contribution in [3.8, 4) is 0 Å². The van der Waals surface area contributed by atoms with Crippen molar-refractivity contribution in [1.29, 1.82) is 0 Å². The molecule has 0 radical (unpaired) electrons. The van der Waals surface area contributed by atoms with Crippen molar-refractivity contribution in [2.45, 2.75) is 194 Å². The van der Waals surface area contributed by atoms with Gasteiger partial charge in [-0.1, -0.05) is 0 Å². The lowest BCUT2D eigenvalue weighted by Crippen LogP contribution is -2.46. The molecule has 6 unspecified atom stereocenters. The smallest absolute Gasteiger partial charge is 0.310 e. The SMILES string of the molecule is CC1(C)CC(COC(=O)CC(C(=O)OCC2CC(C)(C)NC2(C)C)C(CC(=O)OCC2CC(C)(C)NC2(C)C)C(=O)OCC2CC(C)(C)NC2(C)C)C(C)(C)N1. The molecule has 4 saturated heterocycles. The third kappa shape index (κ3) is 11.9. The van der Waals surface area contributed by atoms with Crippen LogP contribution in [0.25, 0.3) is 0 Å². The van der Waals surface area contributed by atoms with Crippen LogP contribution >= 0.6 is 0 Å². The van der Waals surface area contributed by atoms with Crippen molar-refractivity contribution in [3.05, 3.63) is 0 Å². The molecule has 4 N–H and O–H groups in total. The fourth-order valence-electron chi connectivity index (χ4n) is 10.9. The minimum absolute atomic E-state index is 0.0158. The van der Waals surface area contributed by atoms with Crippen molar-refractivity contribution in [2.24, 2.45) is 35.5 Å². The summed E-state index contributed by atoms with van der Waals surface area (Å²) in [6.07, 6.45) is 2.26. The van der Waals surface area contributed by atoms with Crippen molar-refractivity contribution in [2.75, 3.05) is 26.4 Å². The number of hydrogen-bond acceptors (Lipinski definition) is 12. The van der Waals surface area contributed by atoms with Crippen molar-refractivity contribution in [3.63, 3.8) is 0 Å². The molecular formula is C44H78N4O8. The molecule has 4 fully saturated rings. The largest absolute Gasteiger partial charge is 0.465 e. The van der Waals surface area contributed by atoms with Crippen LogP contribution in [0.2, 0.25) is 0 Å². The molecule has 0 spiro atoms. The van der Waals surface area contributed by atoms with Gasteiger partial charge < -0.3 is 40.2 Å². The van der Waals surface area contributed by atoms with E-state index < -0.39 is 48.6 Å². The first-order valence-corrected chi connectivity index (χ1v) is 21.1.